The van der Waals surface area contributed by atoms with Crippen molar-refractivity contribution in [2.75, 3.05) is 5.32 Å². The molecule has 1 N–H and O–H groups in total. The van der Waals surface area contributed by atoms with Gasteiger partial charge < -0.3 is 5.32 Å². The van der Waals surface area contributed by atoms with Crippen LogP contribution in [0.5, 0.6) is 0 Å². The standard InChI is InChI=1S/C21H12Cl2N4O3/c22-12-5-7-15(17(23)9-12)19-10-16(14-3-1-2-4-18(14)25-19)21(28)26-20-8-6-13(11-24-20)27(29)30/h1-11H,(H,24,26,28). The van der Waals surface area contributed by atoms with Gasteiger partial charge in [0, 0.05) is 22.0 Å². The van der Waals surface area contributed by atoms with Crippen molar-refractivity contribution in [3.63, 3.8) is 0 Å². The SMILES string of the molecule is O=C(Nc1ccc([N+](=O)[O-])cn1)c1cc(-c2ccc(Cl)cc2Cl)nc2ccccc12. The second-order valence-electron chi connectivity index (χ2n) is 6.31. The van der Waals surface area contributed by atoms with Crippen LogP contribution in [0.1, 0.15) is 10.4 Å². The second-order valence-corrected chi connectivity index (χ2v) is 7.15. The lowest BCUT2D eigenvalue weighted by Gasteiger charge is -2.11. The molecule has 0 aliphatic heterocycles. The number of para-hydroxylation sites is 1. The average molecular weight is 439 g/mol. The minimum Gasteiger partial charge on any atom is -0.307 e. The van der Waals surface area contributed by atoms with Crippen molar-refractivity contribution >= 4 is 51.5 Å². The molecule has 0 radical (unpaired) electrons. The molecule has 0 saturated heterocycles. The van der Waals surface area contributed by atoms with Gasteiger partial charge in [-0.25, -0.2) is 9.97 Å². The van der Waals surface area contributed by atoms with Crippen LogP contribution in [0.25, 0.3) is 22.2 Å². The Labute approximate surface area is 180 Å². The molecule has 2 aromatic carbocycles. The van der Waals surface area contributed by atoms with Gasteiger partial charge in [-0.2, -0.15) is 0 Å². The summed E-state index contributed by atoms with van der Waals surface area (Å²) in [6, 6.07) is 16.5. The fourth-order valence-corrected chi connectivity index (χ4v) is 3.46. The van der Waals surface area contributed by atoms with Crippen molar-refractivity contribution in [3.05, 3.63) is 92.6 Å². The number of benzene rings is 2. The third-order valence-corrected chi connectivity index (χ3v) is 4.92. The number of halogens is 2. The molecule has 4 rings (SSSR count). The van der Waals surface area contributed by atoms with Crippen LogP contribution in [0.4, 0.5) is 11.5 Å². The van der Waals surface area contributed by atoms with Gasteiger partial charge in [0.25, 0.3) is 11.6 Å². The van der Waals surface area contributed by atoms with Crippen LogP contribution in [0, 0.1) is 10.1 Å². The summed E-state index contributed by atoms with van der Waals surface area (Å²) in [7, 11) is 0. The number of nitrogens with zero attached hydrogens (tertiary/aromatic N) is 3. The van der Waals surface area contributed by atoms with E-state index in [0.717, 1.165) is 6.20 Å². The van der Waals surface area contributed by atoms with E-state index in [1.54, 1.807) is 42.5 Å². The highest BCUT2D eigenvalue weighted by atomic mass is 35.5. The highest BCUT2D eigenvalue weighted by Crippen LogP contribution is 2.32. The van der Waals surface area contributed by atoms with Gasteiger partial charge in [-0.1, -0.05) is 41.4 Å². The van der Waals surface area contributed by atoms with Gasteiger partial charge in [0.05, 0.1) is 26.7 Å². The number of hydrogen-bond donors (Lipinski definition) is 1. The molecule has 0 bridgehead atoms. The third kappa shape index (κ3) is 3.94. The molecule has 0 saturated carbocycles. The Bertz CT molecular complexity index is 1290. The predicted octanol–water partition coefficient (Wildman–Crippen LogP) is 5.76. The molecule has 7 nitrogen and oxygen atoms in total. The zero-order valence-corrected chi connectivity index (χ0v) is 16.7. The third-order valence-electron chi connectivity index (χ3n) is 4.37. The van der Waals surface area contributed by atoms with Gasteiger partial charge in [-0.3, -0.25) is 14.9 Å². The Balaban J connectivity index is 1.77. The number of anilines is 1. The first kappa shape index (κ1) is 19.8. The molecule has 30 heavy (non-hydrogen) atoms. The maximum absolute atomic E-state index is 13.0. The monoisotopic (exact) mass is 438 g/mol. The minimum absolute atomic E-state index is 0.165. The van der Waals surface area contributed by atoms with E-state index in [9.17, 15) is 14.9 Å². The van der Waals surface area contributed by atoms with E-state index in [1.807, 2.05) is 6.07 Å². The molecule has 1 amide bonds. The maximum Gasteiger partial charge on any atom is 0.287 e. The molecule has 0 aliphatic carbocycles. The van der Waals surface area contributed by atoms with Crippen LogP contribution < -0.4 is 5.32 Å². The van der Waals surface area contributed by atoms with E-state index >= 15 is 0 Å². The zero-order chi connectivity index (χ0) is 21.3. The van der Waals surface area contributed by atoms with Gasteiger partial charge in [0.1, 0.15) is 12.0 Å². The van der Waals surface area contributed by atoms with Crippen molar-refractivity contribution in [1.82, 2.24) is 9.97 Å². The summed E-state index contributed by atoms with van der Waals surface area (Å²) in [5, 5.41) is 15.0. The molecule has 0 atom stereocenters. The number of carbonyl (C=O) groups excluding carboxylic acids is 1. The molecule has 4 aromatic rings. The lowest BCUT2D eigenvalue weighted by molar-refractivity contribution is -0.385. The van der Waals surface area contributed by atoms with Crippen LogP contribution in [-0.4, -0.2) is 20.8 Å². The molecular formula is C21H12Cl2N4O3. The Morgan fingerprint density at radius 2 is 1.83 bits per heavy atom. The average Bonchev–Trinajstić information content (AvgIpc) is 2.73. The van der Waals surface area contributed by atoms with E-state index in [4.69, 9.17) is 23.2 Å². The number of nitro groups is 1. The number of aromatic nitrogens is 2. The summed E-state index contributed by atoms with van der Waals surface area (Å²) >= 11 is 12.3. The molecule has 0 aliphatic rings. The fraction of sp³-hybridized carbons (Fsp3) is 0. The second kappa shape index (κ2) is 8.06. The van der Waals surface area contributed by atoms with E-state index in [-0.39, 0.29) is 11.5 Å². The van der Waals surface area contributed by atoms with Gasteiger partial charge in [-0.05, 0) is 36.4 Å². The summed E-state index contributed by atoms with van der Waals surface area (Å²) in [6.45, 7) is 0. The summed E-state index contributed by atoms with van der Waals surface area (Å²) in [4.78, 5) is 31.8. The summed E-state index contributed by atoms with van der Waals surface area (Å²) in [5.74, 6) is -0.237. The van der Waals surface area contributed by atoms with Crippen molar-refractivity contribution in [3.8, 4) is 11.3 Å². The van der Waals surface area contributed by atoms with Gasteiger partial charge >= 0.3 is 0 Å². The highest BCUT2D eigenvalue weighted by molar-refractivity contribution is 6.36. The number of rotatable bonds is 4. The molecule has 148 valence electrons. The highest BCUT2D eigenvalue weighted by Gasteiger charge is 2.16. The molecule has 2 heterocycles. The fourth-order valence-electron chi connectivity index (χ4n) is 2.95. The largest absolute Gasteiger partial charge is 0.307 e. The first-order valence-electron chi connectivity index (χ1n) is 8.69. The lowest BCUT2D eigenvalue weighted by Crippen LogP contribution is -2.14. The number of pyridine rings is 2. The smallest absolute Gasteiger partial charge is 0.287 e. The number of amides is 1. The van der Waals surface area contributed by atoms with E-state index in [1.165, 1.54) is 12.1 Å². The molecule has 9 heteroatoms. The van der Waals surface area contributed by atoms with Gasteiger partial charge in [0.15, 0.2) is 0 Å². The van der Waals surface area contributed by atoms with Crippen LogP contribution in [0.15, 0.2) is 66.9 Å². The van der Waals surface area contributed by atoms with Crippen molar-refractivity contribution in [2.24, 2.45) is 0 Å². The molecule has 2 aromatic heterocycles. The normalized spacial score (nSPS) is 10.7. The van der Waals surface area contributed by atoms with Crippen LogP contribution in [0.3, 0.4) is 0 Å². The number of nitrogens with one attached hydrogen (secondary N) is 1. The van der Waals surface area contributed by atoms with Crippen molar-refractivity contribution < 1.29 is 9.72 Å². The first-order valence-corrected chi connectivity index (χ1v) is 9.45. The van der Waals surface area contributed by atoms with Crippen LogP contribution in [-0.2, 0) is 0 Å². The Hall–Kier alpha value is -3.55. The van der Waals surface area contributed by atoms with E-state index in [0.29, 0.717) is 37.8 Å². The summed E-state index contributed by atoms with van der Waals surface area (Å²) in [5.41, 5.74) is 1.96. The van der Waals surface area contributed by atoms with Crippen molar-refractivity contribution in [1.29, 1.82) is 0 Å². The first-order chi connectivity index (χ1) is 14.4. The Kier molecular flexibility index (Phi) is 5.31. The van der Waals surface area contributed by atoms with Crippen LogP contribution in [0.2, 0.25) is 10.0 Å². The Morgan fingerprint density at radius 1 is 1.03 bits per heavy atom. The molecule has 0 spiro atoms. The maximum atomic E-state index is 13.0. The Morgan fingerprint density at radius 3 is 2.53 bits per heavy atom. The minimum atomic E-state index is -0.558. The lowest BCUT2D eigenvalue weighted by atomic mass is 10.0. The molecular weight excluding hydrogens is 427 g/mol. The molecule has 0 fully saturated rings. The number of fused-ring (bicyclic) bond motifs is 1. The summed E-state index contributed by atoms with van der Waals surface area (Å²) < 4.78 is 0. The summed E-state index contributed by atoms with van der Waals surface area (Å²) in [6.07, 6.45) is 1.08. The van der Waals surface area contributed by atoms with E-state index < -0.39 is 10.8 Å². The number of hydrogen-bond acceptors (Lipinski definition) is 5. The molecule has 0 unspecified atom stereocenters. The quantitative estimate of drug-likeness (QED) is 0.322. The zero-order valence-electron chi connectivity index (χ0n) is 15.2. The van der Waals surface area contributed by atoms with Crippen molar-refractivity contribution in [2.45, 2.75) is 0 Å². The van der Waals surface area contributed by atoms with Gasteiger partial charge in [-0.15, -0.1) is 0 Å². The predicted molar refractivity (Wildman–Crippen MR) is 116 cm³/mol. The topological polar surface area (TPSA) is 98.0 Å². The number of carbonyl (C=O) groups is 1. The van der Waals surface area contributed by atoms with Gasteiger partial charge in [0.2, 0.25) is 0 Å². The van der Waals surface area contributed by atoms with E-state index in [2.05, 4.69) is 15.3 Å². The van der Waals surface area contributed by atoms with Crippen LogP contribution >= 0.6 is 23.2 Å².